The van der Waals surface area contributed by atoms with Crippen LogP contribution in [0, 0.1) is 5.92 Å². The van der Waals surface area contributed by atoms with Crippen LogP contribution in [0.4, 0.5) is 0 Å². The maximum Gasteiger partial charge on any atom is 0.00218 e. The zero-order valence-electron chi connectivity index (χ0n) is 13.0. The van der Waals surface area contributed by atoms with Crippen molar-refractivity contribution in [3.05, 3.63) is 0 Å². The van der Waals surface area contributed by atoms with Crippen molar-refractivity contribution in [2.75, 3.05) is 45.8 Å². The molecule has 1 atom stereocenters. The molecule has 2 fully saturated rings. The minimum atomic E-state index is 0.630. The molecule has 1 unspecified atom stereocenters. The number of nitrogens with zero attached hydrogens (tertiary/aromatic N) is 2. The summed E-state index contributed by atoms with van der Waals surface area (Å²) in [5.41, 5.74) is 0. The zero-order chi connectivity index (χ0) is 13.5. The van der Waals surface area contributed by atoms with E-state index in [2.05, 4.69) is 29.0 Å². The predicted molar refractivity (Wildman–Crippen MR) is 82.6 cm³/mol. The zero-order valence-corrected chi connectivity index (χ0v) is 13.0. The van der Waals surface area contributed by atoms with Crippen molar-refractivity contribution in [3.63, 3.8) is 0 Å². The largest absolute Gasteiger partial charge is 0.314 e. The fraction of sp³-hybridized carbons (Fsp3) is 1.00. The first-order valence-electron chi connectivity index (χ1n) is 8.42. The second-order valence-corrected chi connectivity index (χ2v) is 6.77. The first kappa shape index (κ1) is 15.3. The summed E-state index contributed by atoms with van der Waals surface area (Å²) in [5, 5.41) is 3.60. The van der Waals surface area contributed by atoms with Crippen molar-refractivity contribution < 1.29 is 0 Å². The summed E-state index contributed by atoms with van der Waals surface area (Å²) < 4.78 is 0. The number of likely N-dealkylation sites (tertiary alicyclic amines) is 2. The molecule has 2 aliphatic rings. The average Bonchev–Trinajstić information content (AvgIpc) is 2.90. The lowest BCUT2D eigenvalue weighted by Crippen LogP contribution is -2.41. The predicted octanol–water partition coefficient (Wildman–Crippen LogP) is 2.18. The van der Waals surface area contributed by atoms with Crippen LogP contribution in [0.3, 0.4) is 0 Å². The Morgan fingerprint density at radius 1 is 1.00 bits per heavy atom. The van der Waals surface area contributed by atoms with Crippen molar-refractivity contribution in [2.45, 2.75) is 52.0 Å². The maximum atomic E-state index is 3.60. The van der Waals surface area contributed by atoms with Gasteiger partial charge in [-0.2, -0.15) is 0 Å². The van der Waals surface area contributed by atoms with Gasteiger partial charge in [0.25, 0.3) is 0 Å². The molecule has 19 heavy (non-hydrogen) atoms. The van der Waals surface area contributed by atoms with E-state index < -0.39 is 0 Å². The first-order valence-corrected chi connectivity index (χ1v) is 8.42. The van der Waals surface area contributed by atoms with Gasteiger partial charge in [-0.25, -0.2) is 0 Å². The molecule has 2 saturated heterocycles. The van der Waals surface area contributed by atoms with Gasteiger partial charge in [0, 0.05) is 12.6 Å². The highest BCUT2D eigenvalue weighted by Crippen LogP contribution is 2.16. The Labute approximate surface area is 119 Å². The normalized spacial score (nSPS) is 26.4. The van der Waals surface area contributed by atoms with Gasteiger partial charge < -0.3 is 15.1 Å². The molecule has 1 N–H and O–H groups in total. The monoisotopic (exact) mass is 267 g/mol. The lowest BCUT2D eigenvalue weighted by Gasteiger charge is -2.33. The van der Waals surface area contributed by atoms with Crippen molar-refractivity contribution in [1.82, 2.24) is 15.1 Å². The molecule has 0 spiro atoms. The highest BCUT2D eigenvalue weighted by molar-refractivity contribution is 4.76. The molecule has 0 amide bonds. The summed E-state index contributed by atoms with van der Waals surface area (Å²) in [6.45, 7) is 13.7. The summed E-state index contributed by atoms with van der Waals surface area (Å²) in [7, 11) is 0. The molecule has 0 aromatic rings. The third-order valence-electron chi connectivity index (χ3n) is 4.57. The highest BCUT2D eigenvalue weighted by atomic mass is 15.2. The maximum absolute atomic E-state index is 3.60. The SMILES string of the molecule is CC(C)NCC1CCCN(CCCN2CCCC2)C1. The highest BCUT2D eigenvalue weighted by Gasteiger charge is 2.20. The van der Waals surface area contributed by atoms with E-state index in [-0.39, 0.29) is 0 Å². The van der Waals surface area contributed by atoms with Gasteiger partial charge in [-0.05, 0) is 77.3 Å². The molecule has 2 aliphatic heterocycles. The van der Waals surface area contributed by atoms with Gasteiger partial charge in [0.15, 0.2) is 0 Å². The van der Waals surface area contributed by atoms with Crippen LogP contribution < -0.4 is 5.32 Å². The molecular weight excluding hydrogens is 234 g/mol. The fourth-order valence-electron chi connectivity index (χ4n) is 3.45. The number of piperidine rings is 1. The Kier molecular flexibility index (Phi) is 6.62. The van der Waals surface area contributed by atoms with Crippen LogP contribution in [0.1, 0.15) is 46.0 Å². The summed E-state index contributed by atoms with van der Waals surface area (Å²) in [4.78, 5) is 5.34. The van der Waals surface area contributed by atoms with Crippen LogP contribution in [-0.2, 0) is 0 Å². The molecular formula is C16H33N3. The second kappa shape index (κ2) is 8.23. The van der Waals surface area contributed by atoms with E-state index in [1.807, 2.05) is 0 Å². The first-order chi connectivity index (χ1) is 9.24. The standard InChI is InChI=1S/C16H33N3/c1-15(2)17-13-16-7-5-10-19(14-16)12-6-11-18-8-3-4-9-18/h15-17H,3-14H2,1-2H3. The van der Waals surface area contributed by atoms with Crippen LogP contribution in [0.5, 0.6) is 0 Å². The van der Waals surface area contributed by atoms with Crippen LogP contribution >= 0.6 is 0 Å². The molecule has 0 aromatic carbocycles. The Hall–Kier alpha value is -0.120. The van der Waals surface area contributed by atoms with Crippen molar-refractivity contribution >= 4 is 0 Å². The van der Waals surface area contributed by atoms with Gasteiger partial charge in [-0.15, -0.1) is 0 Å². The van der Waals surface area contributed by atoms with E-state index in [0.717, 1.165) is 5.92 Å². The van der Waals surface area contributed by atoms with Gasteiger partial charge in [0.05, 0.1) is 0 Å². The van der Waals surface area contributed by atoms with E-state index >= 15 is 0 Å². The molecule has 0 aliphatic carbocycles. The Morgan fingerprint density at radius 2 is 1.68 bits per heavy atom. The van der Waals surface area contributed by atoms with Crippen LogP contribution in [0.15, 0.2) is 0 Å². The van der Waals surface area contributed by atoms with Crippen LogP contribution in [0.2, 0.25) is 0 Å². The topological polar surface area (TPSA) is 18.5 Å². The minimum absolute atomic E-state index is 0.630. The molecule has 3 heteroatoms. The smallest absolute Gasteiger partial charge is 0.00218 e. The molecule has 3 nitrogen and oxygen atoms in total. The summed E-state index contributed by atoms with van der Waals surface area (Å²) in [6, 6.07) is 0.630. The van der Waals surface area contributed by atoms with Crippen molar-refractivity contribution in [2.24, 2.45) is 5.92 Å². The molecule has 0 saturated carbocycles. The van der Waals surface area contributed by atoms with Gasteiger partial charge in [-0.1, -0.05) is 13.8 Å². The van der Waals surface area contributed by atoms with Crippen LogP contribution in [-0.4, -0.2) is 61.7 Å². The van der Waals surface area contributed by atoms with E-state index in [1.165, 1.54) is 77.9 Å². The summed E-state index contributed by atoms with van der Waals surface area (Å²) >= 11 is 0. The van der Waals surface area contributed by atoms with E-state index in [9.17, 15) is 0 Å². The Bertz CT molecular complexity index is 236. The molecule has 2 rings (SSSR count). The molecule has 0 radical (unpaired) electrons. The molecule has 0 aromatic heterocycles. The lowest BCUT2D eigenvalue weighted by molar-refractivity contribution is 0.162. The average molecular weight is 267 g/mol. The number of nitrogens with one attached hydrogen (secondary N) is 1. The van der Waals surface area contributed by atoms with E-state index in [4.69, 9.17) is 0 Å². The van der Waals surface area contributed by atoms with E-state index in [1.54, 1.807) is 0 Å². The Balaban J connectivity index is 1.57. The minimum Gasteiger partial charge on any atom is -0.314 e. The number of hydrogen-bond donors (Lipinski definition) is 1. The third-order valence-corrected chi connectivity index (χ3v) is 4.57. The third kappa shape index (κ3) is 5.80. The number of hydrogen-bond acceptors (Lipinski definition) is 3. The van der Waals surface area contributed by atoms with Crippen molar-refractivity contribution in [3.8, 4) is 0 Å². The van der Waals surface area contributed by atoms with Gasteiger partial charge in [0.1, 0.15) is 0 Å². The summed E-state index contributed by atoms with van der Waals surface area (Å²) in [5.74, 6) is 0.878. The van der Waals surface area contributed by atoms with Gasteiger partial charge >= 0.3 is 0 Å². The van der Waals surface area contributed by atoms with Crippen molar-refractivity contribution in [1.29, 1.82) is 0 Å². The summed E-state index contributed by atoms with van der Waals surface area (Å²) in [6.07, 6.45) is 7.03. The molecule has 2 heterocycles. The van der Waals surface area contributed by atoms with Gasteiger partial charge in [0.2, 0.25) is 0 Å². The lowest BCUT2D eigenvalue weighted by atomic mass is 9.97. The van der Waals surface area contributed by atoms with Gasteiger partial charge in [-0.3, -0.25) is 0 Å². The van der Waals surface area contributed by atoms with E-state index in [0.29, 0.717) is 6.04 Å². The number of rotatable bonds is 7. The second-order valence-electron chi connectivity index (χ2n) is 6.77. The van der Waals surface area contributed by atoms with Crippen LogP contribution in [0.25, 0.3) is 0 Å². The quantitative estimate of drug-likeness (QED) is 0.763. The Morgan fingerprint density at radius 3 is 2.42 bits per heavy atom. The fourth-order valence-corrected chi connectivity index (χ4v) is 3.45. The molecule has 0 bridgehead atoms. The molecule has 112 valence electrons.